The highest BCUT2D eigenvalue weighted by Gasteiger charge is 2.46. The topological polar surface area (TPSA) is 53.0 Å². The number of aliphatic hydroxyl groups excluding tert-OH is 1. The monoisotopic (exact) mass is 352 g/mol. The molecule has 25 heavy (non-hydrogen) atoms. The van der Waals surface area contributed by atoms with Crippen LogP contribution in [0, 0.1) is 11.3 Å². The number of ether oxygens (including phenoxy) is 1. The Morgan fingerprint density at radius 1 is 1.12 bits per heavy atom. The maximum Gasteiger partial charge on any atom is 0.225 e. The lowest BCUT2D eigenvalue weighted by Crippen LogP contribution is -2.60. The molecular weight excluding hydrogens is 316 g/mol. The van der Waals surface area contributed by atoms with E-state index in [1.165, 1.54) is 12.8 Å². The van der Waals surface area contributed by atoms with Crippen LogP contribution in [0.4, 0.5) is 0 Å². The van der Waals surface area contributed by atoms with Crippen molar-refractivity contribution in [2.24, 2.45) is 11.3 Å². The average Bonchev–Trinajstić information content (AvgIpc) is 3.16. The van der Waals surface area contributed by atoms with Gasteiger partial charge in [-0.3, -0.25) is 4.79 Å². The summed E-state index contributed by atoms with van der Waals surface area (Å²) in [4.78, 5) is 17.5. The zero-order valence-corrected chi connectivity index (χ0v) is 15.9. The van der Waals surface area contributed by atoms with Gasteiger partial charge in [-0.1, -0.05) is 12.8 Å². The molecule has 3 fully saturated rings. The molecule has 0 unspecified atom stereocenters. The molecule has 2 aliphatic heterocycles. The third-order valence-electron chi connectivity index (χ3n) is 6.66. The number of piperidine rings is 2. The summed E-state index contributed by atoms with van der Waals surface area (Å²) in [6.07, 6.45) is 9.44. The lowest BCUT2D eigenvalue weighted by molar-refractivity contribution is -0.145. The van der Waals surface area contributed by atoms with Gasteiger partial charge >= 0.3 is 0 Å². The summed E-state index contributed by atoms with van der Waals surface area (Å²) in [5.74, 6) is 0.613. The number of carbonyl (C=O) groups excluding carboxylic acids is 1. The van der Waals surface area contributed by atoms with Crippen LogP contribution in [-0.2, 0) is 9.53 Å². The molecule has 1 spiro atoms. The number of hydrogen-bond acceptors (Lipinski definition) is 4. The second-order valence-corrected chi connectivity index (χ2v) is 8.49. The number of nitrogens with zero attached hydrogens (tertiary/aromatic N) is 2. The molecule has 1 saturated carbocycles. The predicted octanol–water partition coefficient (Wildman–Crippen LogP) is 2.28. The molecule has 2 heterocycles. The number of rotatable bonds is 6. The van der Waals surface area contributed by atoms with Crippen LogP contribution in [0.5, 0.6) is 0 Å². The third-order valence-corrected chi connectivity index (χ3v) is 6.66. The molecule has 3 rings (SSSR count). The fraction of sp³-hybridized carbons (Fsp3) is 0.950. The quantitative estimate of drug-likeness (QED) is 0.745. The molecule has 0 radical (unpaired) electrons. The Morgan fingerprint density at radius 2 is 1.92 bits per heavy atom. The van der Waals surface area contributed by atoms with Gasteiger partial charge in [-0.15, -0.1) is 0 Å². The summed E-state index contributed by atoms with van der Waals surface area (Å²) < 4.78 is 5.14. The molecule has 2 saturated heterocycles. The minimum Gasteiger partial charge on any atom is -0.392 e. The minimum absolute atomic E-state index is 0.105. The van der Waals surface area contributed by atoms with Gasteiger partial charge in [-0.25, -0.2) is 0 Å². The number of hydrogen-bond donors (Lipinski definition) is 1. The van der Waals surface area contributed by atoms with E-state index in [0.29, 0.717) is 5.91 Å². The van der Waals surface area contributed by atoms with Crippen LogP contribution in [0.1, 0.15) is 57.8 Å². The van der Waals surface area contributed by atoms with Crippen LogP contribution >= 0.6 is 0 Å². The lowest BCUT2D eigenvalue weighted by Gasteiger charge is -2.51. The van der Waals surface area contributed by atoms with Gasteiger partial charge in [-0.2, -0.15) is 0 Å². The molecule has 1 amide bonds. The molecule has 1 N–H and O–H groups in total. The van der Waals surface area contributed by atoms with Gasteiger partial charge in [-0.05, 0) is 51.5 Å². The van der Waals surface area contributed by atoms with Crippen molar-refractivity contribution < 1.29 is 14.6 Å². The highest BCUT2D eigenvalue weighted by Crippen LogP contribution is 2.40. The Bertz CT molecular complexity index is 439. The van der Waals surface area contributed by atoms with E-state index >= 15 is 0 Å². The second kappa shape index (κ2) is 8.83. The molecule has 0 aromatic rings. The van der Waals surface area contributed by atoms with Gasteiger partial charge in [0, 0.05) is 51.2 Å². The lowest BCUT2D eigenvalue weighted by atomic mass is 9.71. The van der Waals surface area contributed by atoms with Gasteiger partial charge in [0.15, 0.2) is 0 Å². The summed E-state index contributed by atoms with van der Waals surface area (Å²) in [6, 6.07) is 0. The maximum atomic E-state index is 12.9. The van der Waals surface area contributed by atoms with E-state index in [2.05, 4.69) is 9.80 Å². The molecule has 1 aliphatic carbocycles. The van der Waals surface area contributed by atoms with Gasteiger partial charge in [0.05, 0.1) is 6.10 Å². The zero-order chi connectivity index (χ0) is 17.7. The zero-order valence-electron chi connectivity index (χ0n) is 15.9. The Balaban J connectivity index is 1.58. The van der Waals surface area contributed by atoms with E-state index in [4.69, 9.17) is 4.74 Å². The van der Waals surface area contributed by atoms with E-state index < -0.39 is 0 Å². The van der Waals surface area contributed by atoms with Gasteiger partial charge in [0.2, 0.25) is 5.91 Å². The number of aliphatic hydroxyl groups is 1. The van der Waals surface area contributed by atoms with Crippen LogP contribution in [0.3, 0.4) is 0 Å². The van der Waals surface area contributed by atoms with Crippen molar-refractivity contribution in [3.63, 3.8) is 0 Å². The first-order valence-corrected chi connectivity index (χ1v) is 10.3. The summed E-state index contributed by atoms with van der Waals surface area (Å²) in [5.41, 5.74) is -0.105. The highest BCUT2D eigenvalue weighted by molar-refractivity contribution is 5.79. The Kier molecular flexibility index (Phi) is 6.75. The van der Waals surface area contributed by atoms with Gasteiger partial charge in [0.1, 0.15) is 0 Å². The SMILES string of the molecule is COCCCCN1CC[C@@H](O)[C@]2(CCCN(C(=O)C3CCCC3)C2)C1. The normalized spacial score (nSPS) is 31.8. The number of amides is 1. The standard InChI is InChI=1S/C20H36N2O3/c1-25-14-5-4-11-21-13-9-18(23)20(15-21)10-6-12-22(16-20)19(24)17-7-2-3-8-17/h17-18,23H,2-16H2,1H3/t18-,20-/m1/s1. The van der Waals surface area contributed by atoms with Crippen LogP contribution in [0.25, 0.3) is 0 Å². The smallest absolute Gasteiger partial charge is 0.225 e. The average molecular weight is 353 g/mol. The fourth-order valence-electron chi connectivity index (χ4n) is 5.19. The number of likely N-dealkylation sites (tertiary alicyclic amines) is 2. The molecule has 5 heteroatoms. The van der Waals surface area contributed by atoms with Crippen molar-refractivity contribution in [2.45, 2.75) is 63.9 Å². The van der Waals surface area contributed by atoms with Crippen molar-refractivity contribution in [1.29, 1.82) is 0 Å². The van der Waals surface area contributed by atoms with Crippen molar-refractivity contribution >= 4 is 5.91 Å². The molecule has 5 nitrogen and oxygen atoms in total. The second-order valence-electron chi connectivity index (χ2n) is 8.49. The molecule has 0 aromatic heterocycles. The Hall–Kier alpha value is -0.650. The van der Waals surface area contributed by atoms with Gasteiger partial charge < -0.3 is 19.6 Å². The largest absolute Gasteiger partial charge is 0.392 e. The van der Waals surface area contributed by atoms with Crippen molar-refractivity contribution in [3.05, 3.63) is 0 Å². The van der Waals surface area contributed by atoms with E-state index in [0.717, 1.165) is 84.3 Å². The molecule has 0 aromatic carbocycles. The molecule has 144 valence electrons. The predicted molar refractivity (Wildman–Crippen MR) is 98.4 cm³/mol. The van der Waals surface area contributed by atoms with E-state index in [1.807, 2.05) is 0 Å². The van der Waals surface area contributed by atoms with Crippen LogP contribution < -0.4 is 0 Å². The van der Waals surface area contributed by atoms with E-state index in [-0.39, 0.29) is 17.4 Å². The number of carbonyl (C=O) groups is 1. The van der Waals surface area contributed by atoms with E-state index in [1.54, 1.807) is 7.11 Å². The maximum absolute atomic E-state index is 12.9. The summed E-state index contributed by atoms with van der Waals surface area (Å²) >= 11 is 0. The summed E-state index contributed by atoms with van der Waals surface area (Å²) in [6.45, 7) is 5.47. The van der Waals surface area contributed by atoms with Crippen LogP contribution in [0.15, 0.2) is 0 Å². The van der Waals surface area contributed by atoms with Gasteiger partial charge in [0.25, 0.3) is 0 Å². The van der Waals surface area contributed by atoms with Crippen molar-refractivity contribution in [3.8, 4) is 0 Å². The van der Waals surface area contributed by atoms with Crippen molar-refractivity contribution in [1.82, 2.24) is 9.80 Å². The molecular formula is C20H36N2O3. The van der Waals surface area contributed by atoms with Crippen LogP contribution in [0.2, 0.25) is 0 Å². The van der Waals surface area contributed by atoms with Crippen molar-refractivity contribution in [2.75, 3.05) is 46.4 Å². The molecule has 2 atom stereocenters. The van der Waals surface area contributed by atoms with Crippen LogP contribution in [-0.4, -0.2) is 73.4 Å². The number of unbranched alkanes of at least 4 members (excludes halogenated alkanes) is 1. The first kappa shape index (κ1) is 19.1. The first-order chi connectivity index (χ1) is 12.1. The third kappa shape index (κ3) is 4.55. The first-order valence-electron chi connectivity index (χ1n) is 10.3. The summed E-state index contributed by atoms with van der Waals surface area (Å²) in [5, 5.41) is 10.8. The molecule has 0 bridgehead atoms. The summed E-state index contributed by atoms with van der Waals surface area (Å²) in [7, 11) is 1.75. The van der Waals surface area contributed by atoms with E-state index in [9.17, 15) is 9.90 Å². The molecule has 3 aliphatic rings. The highest BCUT2D eigenvalue weighted by atomic mass is 16.5. The minimum atomic E-state index is -0.262. The Labute approximate surface area is 152 Å². The fourth-order valence-corrected chi connectivity index (χ4v) is 5.19. The Morgan fingerprint density at radius 3 is 2.68 bits per heavy atom. The number of methoxy groups -OCH3 is 1.